The van der Waals surface area contributed by atoms with Gasteiger partial charge in [0.25, 0.3) is 0 Å². The number of pyridine rings is 1. The van der Waals surface area contributed by atoms with E-state index in [2.05, 4.69) is 4.98 Å². The molecule has 0 radical (unpaired) electrons. The van der Waals surface area contributed by atoms with E-state index in [9.17, 15) is 17.3 Å². The molecule has 0 atom stereocenters. The first-order chi connectivity index (χ1) is 5.41. The zero-order valence-electron chi connectivity index (χ0n) is 7.19. The van der Waals surface area contributed by atoms with E-state index in [0.29, 0.717) is 5.56 Å². The largest absolute Gasteiger partial charge is 1.00 e. The van der Waals surface area contributed by atoms with Crippen molar-refractivity contribution in [3.8, 4) is 0 Å². The summed E-state index contributed by atoms with van der Waals surface area (Å²) in [6.07, 6.45) is 1.06. The van der Waals surface area contributed by atoms with Crippen LogP contribution in [0.3, 0.4) is 0 Å². The van der Waals surface area contributed by atoms with E-state index >= 15 is 0 Å². The number of hydrogen-bond donors (Lipinski definition) is 0. The van der Waals surface area contributed by atoms with Gasteiger partial charge in [-0.15, -0.1) is 0 Å². The minimum atomic E-state index is -5.29. The maximum Gasteiger partial charge on any atom is 1.00 e. The quantitative estimate of drug-likeness (QED) is 0.320. The fourth-order valence-corrected chi connectivity index (χ4v) is 0.805. The van der Waals surface area contributed by atoms with Crippen molar-refractivity contribution in [2.45, 2.75) is 6.92 Å². The summed E-state index contributed by atoms with van der Waals surface area (Å²) in [4.78, 5) is 2.97. The van der Waals surface area contributed by atoms with Crippen LogP contribution in [0.15, 0.2) is 12.3 Å². The normalized spacial score (nSPS) is 10.8. The second kappa shape index (κ2) is 4.88. The van der Waals surface area contributed by atoms with Gasteiger partial charge in [-0.1, -0.05) is 11.5 Å². The van der Waals surface area contributed by atoms with Crippen LogP contribution in [0, 0.1) is 12.9 Å². The molecule has 0 aromatic carbocycles. The molecule has 1 aromatic rings. The summed E-state index contributed by atoms with van der Waals surface area (Å²) in [5.74, 6) is -1.45. The van der Waals surface area contributed by atoms with Gasteiger partial charge in [-0.2, -0.15) is 4.39 Å². The summed E-state index contributed by atoms with van der Waals surface area (Å²) in [7, 11) is 0. The first-order valence-corrected chi connectivity index (χ1v) is 3.23. The van der Waals surface area contributed by atoms with Crippen molar-refractivity contribution in [1.82, 2.24) is 4.98 Å². The molecule has 0 bridgehead atoms. The van der Waals surface area contributed by atoms with Gasteiger partial charge in [0.15, 0.2) is 5.95 Å². The van der Waals surface area contributed by atoms with Crippen molar-refractivity contribution in [3.05, 3.63) is 23.8 Å². The molecule has 1 nitrogen and oxygen atoms in total. The zero-order valence-corrected chi connectivity index (χ0v) is 10.3. The zero-order chi connectivity index (χ0) is 9.35. The molecule has 0 saturated heterocycles. The molecule has 0 amide bonds. The molecule has 1 rings (SSSR count). The van der Waals surface area contributed by atoms with Crippen LogP contribution < -0.4 is 56.8 Å². The molecule has 66 valence electrons. The molecular weight excluding hydrogens is 212 g/mol. The molecule has 7 heteroatoms. The van der Waals surface area contributed by atoms with E-state index in [0.717, 1.165) is 12.3 Å². The van der Waals surface area contributed by atoms with Crippen molar-refractivity contribution >= 4 is 12.4 Å². The fraction of sp³-hybridized carbons (Fsp3) is 0.167. The van der Waals surface area contributed by atoms with Crippen molar-refractivity contribution in [2.24, 2.45) is 0 Å². The van der Waals surface area contributed by atoms with Gasteiger partial charge in [0.1, 0.15) is 0 Å². The van der Waals surface area contributed by atoms with Gasteiger partial charge < -0.3 is 12.9 Å². The van der Waals surface area contributed by atoms with Gasteiger partial charge >= 0.3 is 58.4 Å². The summed E-state index contributed by atoms with van der Waals surface area (Å²) in [6.45, 7) is -3.86. The van der Waals surface area contributed by atoms with Crippen molar-refractivity contribution in [1.29, 1.82) is 0 Å². The van der Waals surface area contributed by atoms with E-state index < -0.39 is 18.4 Å². The first kappa shape index (κ1) is 13.6. The number of aromatic nitrogens is 1. The Morgan fingerprint density at radius 1 is 1.31 bits per heavy atom. The van der Waals surface area contributed by atoms with E-state index in [4.69, 9.17) is 0 Å². The van der Waals surface area contributed by atoms with Gasteiger partial charge in [0.2, 0.25) is 0 Å². The Morgan fingerprint density at radius 2 is 1.85 bits per heavy atom. The van der Waals surface area contributed by atoms with Crippen molar-refractivity contribution in [2.75, 3.05) is 0 Å². The number of aryl methyl sites for hydroxylation is 1. The minimum Gasteiger partial charge on any atom is -0.445 e. The maximum absolute atomic E-state index is 12.5. The van der Waals surface area contributed by atoms with Crippen LogP contribution in [-0.2, 0) is 0 Å². The van der Waals surface area contributed by atoms with Crippen LogP contribution in [0.4, 0.5) is 17.3 Å². The van der Waals surface area contributed by atoms with Crippen LogP contribution in [0.5, 0.6) is 0 Å². The summed E-state index contributed by atoms with van der Waals surface area (Å²) < 4.78 is 48.5. The van der Waals surface area contributed by atoms with Crippen LogP contribution in [0.2, 0.25) is 0 Å². The number of halogens is 4. The third-order valence-corrected chi connectivity index (χ3v) is 1.36. The van der Waals surface area contributed by atoms with Gasteiger partial charge in [0, 0.05) is 6.20 Å². The van der Waals surface area contributed by atoms with Crippen molar-refractivity contribution < 1.29 is 68.7 Å². The van der Waals surface area contributed by atoms with E-state index in [1.165, 1.54) is 6.92 Å². The van der Waals surface area contributed by atoms with Crippen LogP contribution in [0.25, 0.3) is 0 Å². The van der Waals surface area contributed by atoms with Crippen LogP contribution >= 0.6 is 0 Å². The van der Waals surface area contributed by atoms with Gasteiger partial charge in [-0.05, 0) is 12.5 Å². The van der Waals surface area contributed by atoms with Gasteiger partial charge in [-0.25, -0.2) is 4.98 Å². The third-order valence-electron chi connectivity index (χ3n) is 1.36. The molecule has 1 heterocycles. The molecule has 0 spiro atoms. The predicted molar refractivity (Wildman–Crippen MR) is 37.6 cm³/mol. The molecule has 0 aliphatic heterocycles. The Bertz CT molecular complexity index is 301. The predicted octanol–water partition coefficient (Wildman–Crippen LogP) is -1.41. The monoisotopic (exact) mass is 217 g/mol. The molecule has 13 heavy (non-hydrogen) atoms. The fourth-order valence-electron chi connectivity index (χ4n) is 0.805. The third kappa shape index (κ3) is 3.67. The van der Waals surface area contributed by atoms with Gasteiger partial charge in [0.05, 0.1) is 0 Å². The Hall–Kier alpha value is 0.571. The SMILES string of the molecule is Cc1cnc(F)c([B-](F)(F)F)c1.[K+]. The summed E-state index contributed by atoms with van der Waals surface area (Å²) in [6, 6.07) is 0.752. The molecule has 0 N–H and O–H groups in total. The average molecular weight is 217 g/mol. The molecule has 0 fully saturated rings. The molecule has 1 aromatic heterocycles. The topological polar surface area (TPSA) is 12.9 Å². The molecule has 0 aliphatic rings. The Balaban J connectivity index is 0.00000144. The Kier molecular flexibility index (Phi) is 5.09. The minimum absolute atomic E-state index is 0. The average Bonchev–Trinajstić information content (AvgIpc) is 1.92. The molecule has 0 aliphatic carbocycles. The number of nitrogens with zero attached hydrogens (tertiary/aromatic N) is 1. The Labute approximate surface area is 115 Å². The van der Waals surface area contributed by atoms with E-state index in [1.54, 1.807) is 0 Å². The summed E-state index contributed by atoms with van der Waals surface area (Å²) in [5, 5.41) is 0. The summed E-state index contributed by atoms with van der Waals surface area (Å²) in [5.41, 5.74) is -0.958. The molecule has 0 saturated carbocycles. The smallest absolute Gasteiger partial charge is 0.445 e. The first-order valence-electron chi connectivity index (χ1n) is 3.23. The van der Waals surface area contributed by atoms with E-state index in [1.807, 2.05) is 0 Å². The van der Waals surface area contributed by atoms with Crippen molar-refractivity contribution in [3.63, 3.8) is 0 Å². The second-order valence-electron chi connectivity index (χ2n) is 2.47. The molecular formula is C6H5BF4KN. The Morgan fingerprint density at radius 3 is 2.23 bits per heavy atom. The van der Waals surface area contributed by atoms with Crippen LogP contribution in [-0.4, -0.2) is 12.0 Å². The summed E-state index contributed by atoms with van der Waals surface area (Å²) >= 11 is 0. The standard InChI is InChI=1S/C6H5BF4N.K/c1-4-2-5(7(9,10)11)6(8)12-3-4;/h2-3H,1H3;/q-1;+1. The maximum atomic E-state index is 12.5. The second-order valence-corrected chi connectivity index (χ2v) is 2.47. The number of hydrogen-bond acceptors (Lipinski definition) is 1. The number of rotatable bonds is 1. The van der Waals surface area contributed by atoms with Gasteiger partial charge in [-0.3, -0.25) is 0 Å². The van der Waals surface area contributed by atoms with Crippen LogP contribution in [0.1, 0.15) is 5.56 Å². The molecule has 0 unspecified atom stereocenters. The van der Waals surface area contributed by atoms with E-state index in [-0.39, 0.29) is 51.4 Å².